The van der Waals surface area contributed by atoms with Crippen LogP contribution in [-0.2, 0) is 17.8 Å². The lowest BCUT2D eigenvalue weighted by molar-refractivity contribution is -0.136. The number of carboxylic acids is 1. The molecule has 0 aromatic heterocycles. The monoisotopic (exact) mass is 565 g/mol. The number of hydrogen-bond acceptors (Lipinski definition) is 4. The highest BCUT2D eigenvalue weighted by atomic mass is 16.5. The van der Waals surface area contributed by atoms with E-state index in [0.717, 1.165) is 34.4 Å². The van der Waals surface area contributed by atoms with Crippen LogP contribution in [0.3, 0.4) is 0 Å². The molecule has 6 heteroatoms. The zero-order valence-electron chi connectivity index (χ0n) is 24.7. The number of carbonyl (C=O) groups excluding carboxylic acids is 1. The molecule has 0 spiro atoms. The molecule has 6 nitrogen and oxygen atoms in total. The fraction of sp³-hybridized carbons (Fsp3) is 0.278. The van der Waals surface area contributed by atoms with Crippen molar-refractivity contribution in [1.82, 2.24) is 5.32 Å². The molecular formula is C36H39NO5. The topological polar surface area (TPSA) is 84.9 Å². The summed E-state index contributed by atoms with van der Waals surface area (Å²) in [6.45, 7) is 8.61. The minimum Gasteiger partial charge on any atom is -0.489 e. The lowest BCUT2D eigenvalue weighted by atomic mass is 9.93. The molecule has 0 aliphatic rings. The molecule has 0 fully saturated rings. The van der Waals surface area contributed by atoms with Gasteiger partial charge >= 0.3 is 5.97 Å². The van der Waals surface area contributed by atoms with Gasteiger partial charge in [-0.3, -0.25) is 9.59 Å². The summed E-state index contributed by atoms with van der Waals surface area (Å²) in [5, 5.41) is 12.5. The second-order valence-electron chi connectivity index (χ2n) is 11.1. The Morgan fingerprint density at radius 3 is 2.19 bits per heavy atom. The fourth-order valence-electron chi connectivity index (χ4n) is 5.01. The Labute approximate surface area is 248 Å². The van der Waals surface area contributed by atoms with Gasteiger partial charge in [0.2, 0.25) is 0 Å². The summed E-state index contributed by atoms with van der Waals surface area (Å²) in [7, 11) is 0. The molecule has 42 heavy (non-hydrogen) atoms. The predicted molar refractivity (Wildman–Crippen MR) is 165 cm³/mol. The molecule has 218 valence electrons. The van der Waals surface area contributed by atoms with Crippen molar-refractivity contribution >= 4 is 11.9 Å². The number of carbonyl (C=O) groups is 2. The molecule has 0 bridgehead atoms. The zero-order valence-corrected chi connectivity index (χ0v) is 24.7. The Morgan fingerprint density at radius 1 is 0.810 bits per heavy atom. The fourth-order valence-corrected chi connectivity index (χ4v) is 5.01. The number of aliphatic carboxylic acids is 1. The standard InChI is InChI=1S/C36H39NO5/c1-24(2)18-33(29-20-25(3)19-26(4)21-29)37-36(40)32-22-31(16-14-27(32)15-17-35(38)39)41-23-28-10-8-9-13-34(28)42-30-11-6-5-7-12-30/h5-14,16,19-22,24,33H,15,17-18,23H2,1-4H3,(H,37,40)(H,38,39). The van der Waals surface area contributed by atoms with E-state index in [0.29, 0.717) is 28.5 Å². The summed E-state index contributed by atoms with van der Waals surface area (Å²) in [5.41, 5.74) is 5.28. The van der Waals surface area contributed by atoms with Crippen molar-refractivity contribution < 1.29 is 24.2 Å². The molecule has 4 rings (SSSR count). The molecule has 4 aromatic rings. The van der Waals surface area contributed by atoms with Gasteiger partial charge in [0.1, 0.15) is 23.9 Å². The van der Waals surface area contributed by atoms with E-state index >= 15 is 0 Å². The number of amides is 1. The van der Waals surface area contributed by atoms with Crippen molar-refractivity contribution in [3.8, 4) is 17.2 Å². The first kappa shape index (κ1) is 30.4. The van der Waals surface area contributed by atoms with Crippen LogP contribution in [0.4, 0.5) is 0 Å². The van der Waals surface area contributed by atoms with Crippen molar-refractivity contribution in [3.05, 3.63) is 124 Å². The van der Waals surface area contributed by atoms with Gasteiger partial charge in [0.05, 0.1) is 6.04 Å². The van der Waals surface area contributed by atoms with Crippen molar-refractivity contribution in [2.24, 2.45) is 5.92 Å². The lowest BCUT2D eigenvalue weighted by Gasteiger charge is -2.23. The minimum absolute atomic E-state index is 0.0722. The Balaban J connectivity index is 1.58. The number of ether oxygens (including phenoxy) is 2. The van der Waals surface area contributed by atoms with Crippen LogP contribution in [0, 0.1) is 19.8 Å². The third kappa shape index (κ3) is 8.71. The van der Waals surface area contributed by atoms with Crippen LogP contribution in [0.2, 0.25) is 0 Å². The van der Waals surface area contributed by atoms with Crippen molar-refractivity contribution in [1.29, 1.82) is 0 Å². The van der Waals surface area contributed by atoms with Gasteiger partial charge in [0, 0.05) is 17.5 Å². The van der Waals surface area contributed by atoms with Gasteiger partial charge in [-0.2, -0.15) is 0 Å². The first-order valence-corrected chi connectivity index (χ1v) is 14.4. The van der Waals surface area contributed by atoms with Gasteiger partial charge < -0.3 is 19.9 Å². The molecule has 0 heterocycles. The molecule has 0 saturated carbocycles. The Morgan fingerprint density at radius 2 is 1.50 bits per heavy atom. The largest absolute Gasteiger partial charge is 0.489 e. The normalized spacial score (nSPS) is 11.6. The van der Waals surface area contributed by atoms with E-state index in [4.69, 9.17) is 9.47 Å². The van der Waals surface area contributed by atoms with Crippen LogP contribution in [0.25, 0.3) is 0 Å². The number of nitrogens with one attached hydrogen (secondary N) is 1. The third-order valence-corrected chi connectivity index (χ3v) is 6.93. The summed E-state index contributed by atoms with van der Waals surface area (Å²) in [5.74, 6) is 1.12. The van der Waals surface area contributed by atoms with E-state index in [1.54, 1.807) is 18.2 Å². The maximum atomic E-state index is 13.8. The SMILES string of the molecule is Cc1cc(C)cc(C(CC(C)C)NC(=O)c2cc(OCc3ccccc3Oc3ccccc3)ccc2CCC(=O)O)c1. The Kier molecular flexibility index (Phi) is 10.4. The van der Waals surface area contributed by atoms with Crippen molar-refractivity contribution in [2.75, 3.05) is 0 Å². The molecule has 0 saturated heterocycles. The van der Waals surface area contributed by atoms with Crippen LogP contribution in [-0.4, -0.2) is 17.0 Å². The van der Waals surface area contributed by atoms with Gasteiger partial charge in [-0.15, -0.1) is 0 Å². The van der Waals surface area contributed by atoms with Gasteiger partial charge in [0.15, 0.2) is 0 Å². The quantitative estimate of drug-likeness (QED) is 0.171. The smallest absolute Gasteiger partial charge is 0.303 e. The van der Waals surface area contributed by atoms with Crippen molar-refractivity contribution in [3.63, 3.8) is 0 Å². The molecule has 1 unspecified atom stereocenters. The number of carboxylic acid groups (broad SMARTS) is 1. The Hall–Kier alpha value is -4.58. The van der Waals surface area contributed by atoms with Gasteiger partial charge in [-0.25, -0.2) is 0 Å². The summed E-state index contributed by atoms with van der Waals surface area (Å²) >= 11 is 0. The summed E-state index contributed by atoms with van der Waals surface area (Å²) in [6.07, 6.45) is 0.940. The highest BCUT2D eigenvalue weighted by Crippen LogP contribution is 2.29. The highest BCUT2D eigenvalue weighted by Gasteiger charge is 2.21. The average molecular weight is 566 g/mol. The molecule has 0 aliphatic heterocycles. The van der Waals surface area contributed by atoms with Crippen LogP contribution in [0.15, 0.2) is 91.0 Å². The van der Waals surface area contributed by atoms with Crippen LogP contribution in [0.5, 0.6) is 17.2 Å². The van der Waals surface area contributed by atoms with E-state index in [1.807, 2.05) is 54.6 Å². The van der Waals surface area contributed by atoms with Crippen LogP contribution >= 0.6 is 0 Å². The maximum absolute atomic E-state index is 13.8. The van der Waals surface area contributed by atoms with E-state index in [2.05, 4.69) is 51.2 Å². The number of rotatable bonds is 13. The number of aryl methyl sites for hydroxylation is 3. The first-order valence-electron chi connectivity index (χ1n) is 14.4. The lowest BCUT2D eigenvalue weighted by Crippen LogP contribution is -2.30. The zero-order chi connectivity index (χ0) is 30.1. The molecule has 4 aromatic carbocycles. The molecule has 0 aliphatic carbocycles. The van der Waals surface area contributed by atoms with E-state index in [9.17, 15) is 14.7 Å². The number of para-hydroxylation sites is 2. The summed E-state index contributed by atoms with van der Waals surface area (Å²) in [6, 6.07) is 28.6. The number of benzene rings is 4. The molecule has 0 radical (unpaired) electrons. The summed E-state index contributed by atoms with van der Waals surface area (Å²) < 4.78 is 12.2. The van der Waals surface area contributed by atoms with Gasteiger partial charge in [-0.1, -0.05) is 85.6 Å². The van der Waals surface area contributed by atoms with E-state index in [-0.39, 0.29) is 31.4 Å². The summed E-state index contributed by atoms with van der Waals surface area (Å²) in [4.78, 5) is 25.1. The second-order valence-corrected chi connectivity index (χ2v) is 11.1. The molecule has 1 amide bonds. The second kappa shape index (κ2) is 14.4. The molecular weight excluding hydrogens is 526 g/mol. The minimum atomic E-state index is -0.912. The predicted octanol–water partition coefficient (Wildman–Crippen LogP) is 8.21. The number of hydrogen-bond donors (Lipinski definition) is 2. The molecule has 2 N–H and O–H groups in total. The highest BCUT2D eigenvalue weighted by molar-refractivity contribution is 5.96. The van der Waals surface area contributed by atoms with Gasteiger partial charge in [0.25, 0.3) is 5.91 Å². The first-order chi connectivity index (χ1) is 20.2. The van der Waals surface area contributed by atoms with E-state index < -0.39 is 5.97 Å². The van der Waals surface area contributed by atoms with Crippen LogP contribution in [0.1, 0.15) is 70.9 Å². The van der Waals surface area contributed by atoms with Crippen molar-refractivity contribution in [2.45, 2.75) is 59.6 Å². The average Bonchev–Trinajstić information content (AvgIpc) is 2.95. The maximum Gasteiger partial charge on any atom is 0.303 e. The van der Waals surface area contributed by atoms with Crippen LogP contribution < -0.4 is 14.8 Å². The van der Waals surface area contributed by atoms with E-state index in [1.165, 1.54) is 0 Å². The molecule has 1 atom stereocenters. The van der Waals surface area contributed by atoms with Gasteiger partial charge in [-0.05, 0) is 74.1 Å². The third-order valence-electron chi connectivity index (χ3n) is 6.93. The Bertz CT molecular complexity index is 1490.